The number of nitrogens with one attached hydrogen (secondary N) is 3. The highest BCUT2D eigenvalue weighted by atomic mass is 19.1. The zero-order valence-corrected chi connectivity index (χ0v) is 16.3. The lowest BCUT2D eigenvalue weighted by molar-refractivity contribution is 0.0943. The maximum Gasteiger partial charge on any atom is 0.315 e. The van der Waals surface area contributed by atoms with Crippen LogP contribution in [-0.4, -0.2) is 39.5 Å². The third kappa shape index (κ3) is 5.50. The van der Waals surface area contributed by atoms with Crippen LogP contribution in [0.3, 0.4) is 0 Å². The molecule has 0 aliphatic rings. The molecule has 1 aromatic heterocycles. The van der Waals surface area contributed by atoms with Gasteiger partial charge in [-0.25, -0.2) is 13.9 Å². The van der Waals surface area contributed by atoms with Crippen molar-refractivity contribution in [1.29, 1.82) is 0 Å². The Hall–Kier alpha value is -3.49. The average molecular weight is 398 g/mol. The first kappa shape index (κ1) is 20.2. The van der Waals surface area contributed by atoms with E-state index in [1.807, 2.05) is 13.8 Å². The molecule has 0 aliphatic carbocycles. The normalized spacial score (nSPS) is 10.9. The highest BCUT2D eigenvalue weighted by molar-refractivity contribution is 5.97. The Balaban J connectivity index is 1.51. The molecule has 0 radical (unpaired) electrons. The molecule has 0 spiro atoms. The number of urea groups is 1. The minimum Gasteiger partial charge on any atom is -0.350 e. The third-order valence-electron chi connectivity index (χ3n) is 4.15. The first-order valence-electron chi connectivity index (χ1n) is 9.32. The first-order valence-corrected chi connectivity index (χ1v) is 9.32. The van der Waals surface area contributed by atoms with Crippen LogP contribution in [0.4, 0.5) is 9.18 Å². The summed E-state index contributed by atoms with van der Waals surface area (Å²) in [6.07, 6.45) is 0. The summed E-state index contributed by atoms with van der Waals surface area (Å²) in [6.45, 7) is 4.78. The van der Waals surface area contributed by atoms with E-state index in [1.54, 1.807) is 35.0 Å². The zero-order chi connectivity index (χ0) is 20.8. The number of halogens is 1. The number of carbonyl (C=O) groups excluding carboxylic acids is 2. The SMILES string of the molecule is CC(C)NC(=O)c1ccc2c(c1)nnn2CCNC(=O)NCc1cccc(F)c1. The van der Waals surface area contributed by atoms with Gasteiger partial charge >= 0.3 is 6.03 Å². The molecule has 3 amide bonds. The lowest BCUT2D eigenvalue weighted by atomic mass is 10.2. The van der Waals surface area contributed by atoms with Crippen LogP contribution in [0.2, 0.25) is 0 Å². The monoisotopic (exact) mass is 398 g/mol. The lowest BCUT2D eigenvalue weighted by Gasteiger charge is -2.09. The highest BCUT2D eigenvalue weighted by Gasteiger charge is 2.11. The molecule has 152 valence electrons. The van der Waals surface area contributed by atoms with Crippen LogP contribution in [0.5, 0.6) is 0 Å². The summed E-state index contributed by atoms with van der Waals surface area (Å²) in [4.78, 5) is 24.0. The molecule has 9 heteroatoms. The number of carbonyl (C=O) groups is 2. The van der Waals surface area contributed by atoms with Crippen molar-refractivity contribution in [3.8, 4) is 0 Å². The molecule has 2 aromatic carbocycles. The summed E-state index contributed by atoms with van der Waals surface area (Å²) in [5.74, 6) is -0.499. The summed E-state index contributed by atoms with van der Waals surface area (Å²) >= 11 is 0. The van der Waals surface area contributed by atoms with Crippen molar-refractivity contribution in [1.82, 2.24) is 30.9 Å². The number of hydrogen-bond donors (Lipinski definition) is 3. The van der Waals surface area contributed by atoms with Gasteiger partial charge in [0.2, 0.25) is 0 Å². The van der Waals surface area contributed by atoms with Crippen LogP contribution in [0.1, 0.15) is 29.8 Å². The van der Waals surface area contributed by atoms with E-state index in [0.717, 1.165) is 5.52 Å². The fourth-order valence-corrected chi connectivity index (χ4v) is 2.79. The van der Waals surface area contributed by atoms with Crippen LogP contribution in [0.25, 0.3) is 11.0 Å². The number of fused-ring (bicyclic) bond motifs is 1. The van der Waals surface area contributed by atoms with E-state index in [0.29, 0.717) is 29.7 Å². The molecule has 8 nitrogen and oxygen atoms in total. The van der Waals surface area contributed by atoms with E-state index in [9.17, 15) is 14.0 Å². The van der Waals surface area contributed by atoms with E-state index >= 15 is 0 Å². The summed E-state index contributed by atoms with van der Waals surface area (Å²) in [5.41, 5.74) is 2.58. The second-order valence-electron chi connectivity index (χ2n) is 6.88. The minimum atomic E-state index is -0.355. The van der Waals surface area contributed by atoms with Crippen molar-refractivity contribution < 1.29 is 14.0 Å². The number of rotatable bonds is 7. The zero-order valence-electron chi connectivity index (χ0n) is 16.3. The molecule has 3 aromatic rings. The first-order chi connectivity index (χ1) is 13.9. The Kier molecular flexibility index (Phi) is 6.38. The van der Waals surface area contributed by atoms with Gasteiger partial charge < -0.3 is 16.0 Å². The van der Waals surface area contributed by atoms with Crippen molar-refractivity contribution >= 4 is 23.0 Å². The molecule has 0 saturated heterocycles. The molecular formula is C20H23FN6O2. The van der Waals surface area contributed by atoms with E-state index in [-0.39, 0.29) is 30.3 Å². The molecule has 3 rings (SSSR count). The Labute approximate surface area is 167 Å². The predicted molar refractivity (Wildman–Crippen MR) is 107 cm³/mol. The second kappa shape index (κ2) is 9.13. The smallest absolute Gasteiger partial charge is 0.315 e. The highest BCUT2D eigenvalue weighted by Crippen LogP contribution is 2.13. The van der Waals surface area contributed by atoms with Gasteiger partial charge in [0, 0.05) is 24.7 Å². The van der Waals surface area contributed by atoms with Crippen LogP contribution in [0.15, 0.2) is 42.5 Å². The molecule has 0 atom stereocenters. The number of hydrogen-bond acceptors (Lipinski definition) is 4. The van der Waals surface area contributed by atoms with E-state index in [2.05, 4.69) is 26.3 Å². The summed E-state index contributed by atoms with van der Waals surface area (Å²) < 4.78 is 14.8. The van der Waals surface area contributed by atoms with Gasteiger partial charge in [0.05, 0.1) is 12.1 Å². The van der Waals surface area contributed by atoms with E-state index in [4.69, 9.17) is 0 Å². The molecule has 3 N–H and O–H groups in total. The van der Waals surface area contributed by atoms with Crippen molar-refractivity contribution in [3.05, 3.63) is 59.4 Å². The van der Waals surface area contributed by atoms with Gasteiger partial charge in [-0.05, 0) is 49.7 Å². The topological polar surface area (TPSA) is 101 Å². The number of nitrogens with zero attached hydrogens (tertiary/aromatic N) is 3. The molecule has 1 heterocycles. The van der Waals surface area contributed by atoms with Crippen LogP contribution < -0.4 is 16.0 Å². The number of aromatic nitrogens is 3. The third-order valence-corrected chi connectivity index (χ3v) is 4.15. The number of benzene rings is 2. The molecule has 29 heavy (non-hydrogen) atoms. The predicted octanol–water partition coefficient (Wildman–Crippen LogP) is 2.21. The maximum atomic E-state index is 13.1. The van der Waals surface area contributed by atoms with Crippen molar-refractivity contribution in [2.24, 2.45) is 0 Å². The number of amides is 3. The molecule has 0 bridgehead atoms. The average Bonchev–Trinajstić information content (AvgIpc) is 3.08. The summed E-state index contributed by atoms with van der Waals surface area (Å²) in [6, 6.07) is 10.9. The Bertz CT molecular complexity index is 1020. The second-order valence-corrected chi connectivity index (χ2v) is 6.88. The Morgan fingerprint density at radius 1 is 1.14 bits per heavy atom. The fourth-order valence-electron chi connectivity index (χ4n) is 2.79. The molecule has 0 saturated carbocycles. The van der Waals surface area contributed by atoms with Crippen molar-refractivity contribution in [3.63, 3.8) is 0 Å². The quantitative estimate of drug-likeness (QED) is 0.568. The van der Waals surface area contributed by atoms with Crippen LogP contribution in [-0.2, 0) is 13.1 Å². The van der Waals surface area contributed by atoms with Crippen molar-refractivity contribution in [2.75, 3.05) is 6.54 Å². The van der Waals surface area contributed by atoms with Gasteiger partial charge in [-0.2, -0.15) is 0 Å². The molecule has 0 aliphatic heterocycles. The maximum absolute atomic E-state index is 13.1. The Morgan fingerprint density at radius 2 is 1.97 bits per heavy atom. The van der Waals surface area contributed by atoms with Crippen molar-refractivity contribution in [2.45, 2.75) is 33.0 Å². The van der Waals surface area contributed by atoms with Crippen LogP contribution >= 0.6 is 0 Å². The standard InChI is InChI=1S/C20H23FN6O2/c1-13(2)24-19(28)15-6-7-18-17(11-15)25-26-27(18)9-8-22-20(29)23-12-14-4-3-5-16(21)10-14/h3-7,10-11,13H,8-9,12H2,1-2H3,(H,24,28)(H2,22,23,29). The van der Waals surface area contributed by atoms with Gasteiger partial charge in [0.25, 0.3) is 5.91 Å². The molecular weight excluding hydrogens is 375 g/mol. The van der Waals surface area contributed by atoms with Gasteiger partial charge in [0.1, 0.15) is 11.3 Å². The minimum absolute atomic E-state index is 0.0482. The van der Waals surface area contributed by atoms with E-state index in [1.165, 1.54) is 12.1 Å². The van der Waals surface area contributed by atoms with Gasteiger partial charge in [0.15, 0.2) is 0 Å². The largest absolute Gasteiger partial charge is 0.350 e. The summed E-state index contributed by atoms with van der Waals surface area (Å²) in [5, 5.41) is 16.4. The Morgan fingerprint density at radius 3 is 2.72 bits per heavy atom. The molecule has 0 fully saturated rings. The molecule has 0 unspecified atom stereocenters. The summed E-state index contributed by atoms with van der Waals surface area (Å²) in [7, 11) is 0. The van der Waals surface area contributed by atoms with Gasteiger partial charge in [-0.3, -0.25) is 4.79 Å². The van der Waals surface area contributed by atoms with E-state index < -0.39 is 0 Å². The van der Waals surface area contributed by atoms with Crippen LogP contribution in [0, 0.1) is 5.82 Å². The van der Waals surface area contributed by atoms with Gasteiger partial charge in [-0.15, -0.1) is 5.10 Å². The van der Waals surface area contributed by atoms with Gasteiger partial charge in [-0.1, -0.05) is 17.3 Å². The fraction of sp³-hybridized carbons (Fsp3) is 0.300. The lowest BCUT2D eigenvalue weighted by Crippen LogP contribution is -2.36.